The van der Waals surface area contributed by atoms with Gasteiger partial charge in [-0.05, 0) is 36.8 Å². The highest BCUT2D eigenvalue weighted by molar-refractivity contribution is 7.89. The third-order valence-corrected chi connectivity index (χ3v) is 5.90. The Bertz CT molecular complexity index is 1050. The number of amides is 1. The molecule has 0 saturated carbocycles. The summed E-state index contributed by atoms with van der Waals surface area (Å²) in [6, 6.07) is 8.98. The summed E-state index contributed by atoms with van der Waals surface area (Å²) >= 11 is 0. The van der Waals surface area contributed by atoms with Crippen LogP contribution in [-0.4, -0.2) is 45.5 Å². The summed E-state index contributed by atoms with van der Waals surface area (Å²) in [5.41, 5.74) is 1.49. The average molecular weight is 443 g/mol. The molecule has 0 fully saturated rings. The van der Waals surface area contributed by atoms with Crippen molar-refractivity contribution in [2.45, 2.75) is 18.0 Å². The highest BCUT2D eigenvalue weighted by Gasteiger charge is 2.32. The number of hydrogen-bond acceptors (Lipinski definition) is 5. The van der Waals surface area contributed by atoms with Gasteiger partial charge < -0.3 is 4.74 Å². The van der Waals surface area contributed by atoms with E-state index in [1.54, 1.807) is 6.92 Å². The molecule has 162 valence electrons. The van der Waals surface area contributed by atoms with Crippen LogP contribution >= 0.6 is 0 Å². The van der Waals surface area contributed by atoms with Gasteiger partial charge in [0.05, 0.1) is 30.3 Å². The van der Waals surface area contributed by atoms with Crippen LogP contribution in [0.3, 0.4) is 0 Å². The molecule has 0 saturated heterocycles. The number of carbonyl (C=O) groups excluding carboxylic acids is 1. The van der Waals surface area contributed by atoms with Crippen molar-refractivity contribution in [3.63, 3.8) is 0 Å². The minimum absolute atomic E-state index is 0.0290. The largest absolute Gasteiger partial charge is 0.496 e. The van der Waals surface area contributed by atoms with Gasteiger partial charge in [0.15, 0.2) is 0 Å². The molecular weight excluding hydrogens is 423 g/mol. The van der Waals surface area contributed by atoms with Gasteiger partial charge in [0.2, 0.25) is 10.0 Å². The first-order chi connectivity index (χ1) is 14.0. The maximum atomic E-state index is 12.9. The Morgan fingerprint density at radius 3 is 2.50 bits per heavy atom. The zero-order chi connectivity index (χ0) is 22.5. The SMILES string of the molecule is COc1ccc(S(=O)(=O)N(C)CC(=O)N/N=C/c2ccccc2C(F)(F)F)cc1C. The van der Waals surface area contributed by atoms with E-state index >= 15 is 0 Å². The molecule has 2 rings (SSSR count). The normalized spacial score (nSPS) is 12.4. The first kappa shape index (κ1) is 23.4. The summed E-state index contributed by atoms with van der Waals surface area (Å²) in [6.45, 7) is 1.10. The van der Waals surface area contributed by atoms with Crippen molar-refractivity contribution in [1.82, 2.24) is 9.73 Å². The lowest BCUT2D eigenvalue weighted by Gasteiger charge is -2.17. The number of likely N-dealkylation sites (N-methyl/N-ethyl adjacent to an activating group) is 1. The Morgan fingerprint density at radius 1 is 1.23 bits per heavy atom. The Morgan fingerprint density at radius 2 is 1.90 bits per heavy atom. The topological polar surface area (TPSA) is 88.1 Å². The number of alkyl halides is 3. The van der Waals surface area contributed by atoms with Crippen LogP contribution in [0.5, 0.6) is 5.75 Å². The minimum atomic E-state index is -4.57. The molecule has 0 heterocycles. The fraction of sp³-hybridized carbons (Fsp3) is 0.263. The molecule has 0 aliphatic carbocycles. The van der Waals surface area contributed by atoms with E-state index in [1.165, 1.54) is 50.6 Å². The van der Waals surface area contributed by atoms with Crippen LogP contribution in [0.15, 0.2) is 52.5 Å². The number of ether oxygens (including phenoxy) is 1. The van der Waals surface area contributed by atoms with E-state index in [2.05, 4.69) is 5.10 Å². The average Bonchev–Trinajstić information content (AvgIpc) is 2.67. The molecule has 2 aromatic rings. The number of carbonyl (C=O) groups is 1. The van der Waals surface area contributed by atoms with E-state index in [-0.39, 0.29) is 10.5 Å². The maximum Gasteiger partial charge on any atom is 0.417 e. The molecule has 0 atom stereocenters. The van der Waals surface area contributed by atoms with Crippen molar-refractivity contribution in [3.8, 4) is 5.75 Å². The van der Waals surface area contributed by atoms with Crippen LogP contribution in [0.4, 0.5) is 13.2 Å². The molecule has 0 spiro atoms. The van der Waals surface area contributed by atoms with Gasteiger partial charge in [-0.1, -0.05) is 18.2 Å². The highest BCUT2D eigenvalue weighted by Crippen LogP contribution is 2.31. The number of hydrogen-bond donors (Lipinski definition) is 1. The zero-order valence-electron chi connectivity index (χ0n) is 16.4. The van der Waals surface area contributed by atoms with Gasteiger partial charge in [-0.3, -0.25) is 4.79 Å². The van der Waals surface area contributed by atoms with Gasteiger partial charge in [0.1, 0.15) is 5.75 Å². The third kappa shape index (κ3) is 5.57. The van der Waals surface area contributed by atoms with Crippen LogP contribution in [0, 0.1) is 6.92 Å². The van der Waals surface area contributed by atoms with Gasteiger partial charge in [-0.25, -0.2) is 13.8 Å². The second-order valence-corrected chi connectivity index (χ2v) is 8.32. The highest BCUT2D eigenvalue weighted by atomic mass is 32.2. The van der Waals surface area contributed by atoms with E-state index < -0.39 is 34.2 Å². The Hall–Kier alpha value is -2.92. The van der Waals surface area contributed by atoms with Crippen LogP contribution in [-0.2, 0) is 21.0 Å². The summed E-state index contributed by atoms with van der Waals surface area (Å²) in [5.74, 6) is -0.296. The molecule has 0 unspecified atom stereocenters. The van der Waals surface area contributed by atoms with Gasteiger partial charge >= 0.3 is 6.18 Å². The van der Waals surface area contributed by atoms with E-state index in [9.17, 15) is 26.4 Å². The molecule has 7 nitrogen and oxygen atoms in total. The summed E-state index contributed by atoms with van der Waals surface area (Å²) in [5, 5.41) is 3.50. The molecule has 0 aliphatic rings. The standard InChI is InChI=1S/C19H20F3N3O4S/c1-13-10-15(8-9-17(13)29-3)30(27,28)25(2)12-18(26)24-23-11-14-6-4-5-7-16(14)19(20,21)22/h4-11H,12H2,1-3H3,(H,24,26)/b23-11+. The van der Waals surface area contributed by atoms with Crippen molar-refractivity contribution in [1.29, 1.82) is 0 Å². The van der Waals surface area contributed by atoms with Gasteiger partial charge in [0, 0.05) is 12.6 Å². The van der Waals surface area contributed by atoms with E-state index in [1.807, 2.05) is 5.43 Å². The predicted octanol–water partition coefficient (Wildman–Crippen LogP) is 2.79. The van der Waals surface area contributed by atoms with Gasteiger partial charge in [-0.2, -0.15) is 22.6 Å². The molecule has 1 N–H and O–H groups in total. The zero-order valence-corrected chi connectivity index (χ0v) is 17.2. The number of nitrogens with one attached hydrogen (secondary N) is 1. The number of sulfonamides is 1. The van der Waals surface area contributed by atoms with E-state index in [4.69, 9.17) is 4.74 Å². The molecule has 0 aromatic heterocycles. The van der Waals surface area contributed by atoms with Crippen LogP contribution in [0.1, 0.15) is 16.7 Å². The monoisotopic (exact) mass is 443 g/mol. The molecule has 1 amide bonds. The molecule has 0 radical (unpaired) electrons. The fourth-order valence-corrected chi connectivity index (χ4v) is 3.77. The quantitative estimate of drug-likeness (QED) is 0.527. The minimum Gasteiger partial charge on any atom is -0.496 e. The van der Waals surface area contributed by atoms with Crippen LogP contribution in [0.25, 0.3) is 0 Å². The molecule has 2 aromatic carbocycles. The van der Waals surface area contributed by atoms with E-state index in [0.717, 1.165) is 16.6 Å². The Kier molecular flexibility index (Phi) is 7.21. The second-order valence-electron chi connectivity index (χ2n) is 6.27. The van der Waals surface area contributed by atoms with Crippen molar-refractivity contribution in [3.05, 3.63) is 59.2 Å². The van der Waals surface area contributed by atoms with Crippen LogP contribution < -0.4 is 10.2 Å². The van der Waals surface area contributed by atoms with Crippen molar-refractivity contribution in [2.24, 2.45) is 5.10 Å². The lowest BCUT2D eigenvalue weighted by molar-refractivity contribution is -0.137. The smallest absolute Gasteiger partial charge is 0.417 e. The van der Waals surface area contributed by atoms with Crippen molar-refractivity contribution >= 4 is 22.1 Å². The molecule has 11 heteroatoms. The number of aryl methyl sites for hydroxylation is 1. The molecule has 30 heavy (non-hydrogen) atoms. The lowest BCUT2D eigenvalue weighted by Crippen LogP contribution is -2.36. The lowest BCUT2D eigenvalue weighted by atomic mass is 10.1. The summed E-state index contributed by atoms with van der Waals surface area (Å²) < 4.78 is 70.0. The number of halogens is 3. The van der Waals surface area contributed by atoms with Gasteiger partial charge in [-0.15, -0.1) is 0 Å². The Balaban J connectivity index is 2.06. The summed E-state index contributed by atoms with van der Waals surface area (Å²) in [7, 11) is -1.30. The molecule has 0 bridgehead atoms. The molecular formula is C19H20F3N3O4S. The van der Waals surface area contributed by atoms with Crippen LogP contribution in [0.2, 0.25) is 0 Å². The predicted molar refractivity (Wildman–Crippen MR) is 105 cm³/mol. The fourth-order valence-electron chi connectivity index (χ4n) is 2.56. The van der Waals surface area contributed by atoms with Gasteiger partial charge in [0.25, 0.3) is 5.91 Å². The van der Waals surface area contributed by atoms with E-state index in [0.29, 0.717) is 11.3 Å². The Labute approximate surface area is 172 Å². The maximum absolute atomic E-state index is 12.9. The third-order valence-electron chi connectivity index (χ3n) is 4.10. The first-order valence-corrected chi connectivity index (χ1v) is 10.00. The summed E-state index contributed by atoms with van der Waals surface area (Å²) in [4.78, 5) is 12.0. The number of benzene rings is 2. The number of hydrazone groups is 1. The second kappa shape index (κ2) is 9.26. The molecule has 0 aliphatic heterocycles. The van der Waals surface area contributed by atoms with Crippen molar-refractivity contribution < 1.29 is 31.1 Å². The number of methoxy groups -OCH3 is 1. The number of nitrogens with zero attached hydrogens (tertiary/aromatic N) is 2. The number of rotatable bonds is 7. The summed E-state index contributed by atoms with van der Waals surface area (Å²) in [6.07, 6.45) is -3.72. The first-order valence-electron chi connectivity index (χ1n) is 8.56. The van der Waals surface area contributed by atoms with Crippen molar-refractivity contribution in [2.75, 3.05) is 20.7 Å².